The first kappa shape index (κ1) is 30.4. The van der Waals surface area contributed by atoms with Gasteiger partial charge >= 0.3 is 0 Å². The van der Waals surface area contributed by atoms with Crippen LogP contribution < -0.4 is 15.8 Å². The Labute approximate surface area is 223 Å². The average molecular weight is 529 g/mol. The van der Waals surface area contributed by atoms with Crippen molar-refractivity contribution in [2.45, 2.75) is 33.1 Å². The van der Waals surface area contributed by atoms with Gasteiger partial charge in [-0.2, -0.15) is 0 Å². The standard InChI is InChI=1S/C28H37FN4O5/c1-28(2,17-27(37)33(4)13-14-38-23-10-7-21(19-34)24(29)15-23)16-26(36)32(3)12-11-20-5-8-22(9-6-20)31-25(35)18-30/h5-10,15,19H,11-14,16-18,30H2,1-4H3,(H,31,35). The molecule has 0 saturated heterocycles. The van der Waals surface area contributed by atoms with E-state index < -0.39 is 11.2 Å². The highest BCUT2D eigenvalue weighted by Crippen LogP contribution is 2.27. The van der Waals surface area contributed by atoms with Gasteiger partial charge in [0, 0.05) is 45.2 Å². The smallest absolute Gasteiger partial charge is 0.238 e. The molecule has 0 spiro atoms. The molecule has 0 radical (unpaired) electrons. The molecule has 0 aromatic heterocycles. The van der Waals surface area contributed by atoms with Crippen LogP contribution in [0.4, 0.5) is 10.1 Å². The zero-order valence-corrected chi connectivity index (χ0v) is 22.5. The van der Waals surface area contributed by atoms with Gasteiger partial charge in [-0.3, -0.25) is 19.2 Å². The highest BCUT2D eigenvalue weighted by Gasteiger charge is 2.28. The summed E-state index contributed by atoms with van der Waals surface area (Å²) in [6, 6.07) is 11.3. The van der Waals surface area contributed by atoms with Gasteiger partial charge in [0.25, 0.3) is 0 Å². The molecular formula is C28H37FN4O5. The fraction of sp³-hybridized carbons (Fsp3) is 0.429. The van der Waals surface area contributed by atoms with E-state index in [1.165, 1.54) is 17.0 Å². The fourth-order valence-electron chi connectivity index (χ4n) is 3.66. The van der Waals surface area contributed by atoms with Gasteiger partial charge in [-0.1, -0.05) is 26.0 Å². The minimum Gasteiger partial charge on any atom is -0.492 e. The first-order chi connectivity index (χ1) is 17.9. The maximum Gasteiger partial charge on any atom is 0.238 e. The third kappa shape index (κ3) is 9.93. The molecule has 0 heterocycles. The van der Waals surface area contributed by atoms with E-state index in [-0.39, 0.29) is 61.6 Å². The van der Waals surface area contributed by atoms with Gasteiger partial charge in [0.1, 0.15) is 18.2 Å². The minimum absolute atomic E-state index is 0.0453. The maximum atomic E-state index is 13.7. The fourth-order valence-corrected chi connectivity index (χ4v) is 3.66. The molecule has 9 nitrogen and oxygen atoms in total. The van der Waals surface area contributed by atoms with Crippen LogP contribution in [-0.2, 0) is 20.8 Å². The van der Waals surface area contributed by atoms with E-state index in [2.05, 4.69) is 5.32 Å². The molecule has 2 aromatic carbocycles. The van der Waals surface area contributed by atoms with Crippen LogP contribution in [0.25, 0.3) is 0 Å². The summed E-state index contributed by atoms with van der Waals surface area (Å²) in [6.45, 7) is 4.64. The van der Waals surface area contributed by atoms with E-state index in [9.17, 15) is 23.6 Å². The first-order valence-electron chi connectivity index (χ1n) is 12.4. The SMILES string of the molecule is CN(CCOc1ccc(C=O)c(F)c1)C(=O)CC(C)(C)CC(=O)N(C)CCc1ccc(NC(=O)CN)cc1. The molecule has 2 aromatic rings. The largest absolute Gasteiger partial charge is 0.492 e. The molecule has 3 N–H and O–H groups in total. The van der Waals surface area contributed by atoms with Crippen molar-refractivity contribution in [1.29, 1.82) is 0 Å². The number of carbonyl (C=O) groups excluding carboxylic acids is 4. The van der Waals surface area contributed by atoms with E-state index >= 15 is 0 Å². The number of ether oxygens (including phenoxy) is 1. The van der Waals surface area contributed by atoms with Crippen LogP contribution in [0, 0.1) is 11.2 Å². The number of likely N-dealkylation sites (N-methyl/N-ethyl adjacent to an activating group) is 2. The van der Waals surface area contributed by atoms with Gasteiger partial charge in [0.2, 0.25) is 17.7 Å². The number of anilines is 1. The molecule has 0 unspecified atom stereocenters. The van der Waals surface area contributed by atoms with Crippen molar-refractivity contribution in [3.63, 3.8) is 0 Å². The summed E-state index contributed by atoms with van der Waals surface area (Å²) in [7, 11) is 3.39. The Morgan fingerprint density at radius 1 is 1.00 bits per heavy atom. The third-order valence-corrected chi connectivity index (χ3v) is 6.06. The molecule has 0 bridgehead atoms. The summed E-state index contributed by atoms with van der Waals surface area (Å²) < 4.78 is 19.2. The molecule has 2 rings (SSSR count). The Morgan fingerprint density at radius 2 is 1.61 bits per heavy atom. The van der Waals surface area contributed by atoms with Crippen LogP contribution in [0.3, 0.4) is 0 Å². The van der Waals surface area contributed by atoms with Crippen LogP contribution in [0.15, 0.2) is 42.5 Å². The van der Waals surface area contributed by atoms with Crippen LogP contribution in [0.1, 0.15) is 42.6 Å². The van der Waals surface area contributed by atoms with Gasteiger partial charge in [0.15, 0.2) is 6.29 Å². The Bertz CT molecular complexity index is 1120. The molecule has 0 aliphatic carbocycles. The molecule has 0 fully saturated rings. The minimum atomic E-state index is -0.662. The van der Waals surface area contributed by atoms with Crippen LogP contribution in [0.2, 0.25) is 0 Å². The number of carbonyl (C=O) groups is 4. The Morgan fingerprint density at radius 3 is 2.16 bits per heavy atom. The van der Waals surface area contributed by atoms with E-state index in [0.717, 1.165) is 11.6 Å². The summed E-state index contributed by atoms with van der Waals surface area (Å²) in [5, 5.41) is 2.68. The summed E-state index contributed by atoms with van der Waals surface area (Å²) in [6.07, 6.45) is 1.48. The Kier molecular flexibility index (Phi) is 11.4. The number of nitrogens with two attached hydrogens (primary N) is 1. The quantitative estimate of drug-likeness (QED) is 0.364. The summed E-state index contributed by atoms with van der Waals surface area (Å²) in [5.41, 5.74) is 6.40. The van der Waals surface area contributed by atoms with Crippen LogP contribution >= 0.6 is 0 Å². The van der Waals surface area contributed by atoms with E-state index in [4.69, 9.17) is 10.5 Å². The lowest BCUT2D eigenvalue weighted by atomic mass is 9.84. The Balaban J connectivity index is 1.76. The van der Waals surface area contributed by atoms with Crippen molar-refractivity contribution in [2.24, 2.45) is 11.1 Å². The highest BCUT2D eigenvalue weighted by molar-refractivity contribution is 5.92. The highest BCUT2D eigenvalue weighted by atomic mass is 19.1. The lowest BCUT2D eigenvalue weighted by Crippen LogP contribution is -2.37. The van der Waals surface area contributed by atoms with Crippen molar-refractivity contribution in [3.05, 3.63) is 59.4 Å². The average Bonchev–Trinajstić information content (AvgIpc) is 2.87. The summed E-state index contributed by atoms with van der Waals surface area (Å²) in [5.74, 6) is -0.829. The molecule has 206 valence electrons. The monoisotopic (exact) mass is 528 g/mol. The zero-order valence-electron chi connectivity index (χ0n) is 22.5. The lowest BCUT2D eigenvalue weighted by molar-refractivity contribution is -0.135. The van der Waals surface area contributed by atoms with Gasteiger partial charge in [-0.25, -0.2) is 4.39 Å². The predicted molar refractivity (Wildman–Crippen MR) is 143 cm³/mol. The zero-order chi connectivity index (χ0) is 28.3. The number of hydrogen-bond donors (Lipinski definition) is 2. The third-order valence-electron chi connectivity index (χ3n) is 6.06. The second kappa shape index (κ2) is 14.2. The Hall–Kier alpha value is -3.79. The predicted octanol–water partition coefficient (Wildman–Crippen LogP) is 2.88. The summed E-state index contributed by atoms with van der Waals surface area (Å²) in [4.78, 5) is 50.8. The lowest BCUT2D eigenvalue weighted by Gasteiger charge is -2.28. The number of rotatable bonds is 14. The van der Waals surface area contributed by atoms with Crippen molar-refractivity contribution in [2.75, 3.05) is 45.7 Å². The number of nitrogens with one attached hydrogen (secondary N) is 1. The molecule has 0 aliphatic heterocycles. The summed E-state index contributed by atoms with van der Waals surface area (Å²) >= 11 is 0. The van der Waals surface area contributed by atoms with Crippen LogP contribution in [0.5, 0.6) is 5.75 Å². The number of nitrogens with zero attached hydrogens (tertiary/aromatic N) is 2. The molecule has 38 heavy (non-hydrogen) atoms. The second-order valence-corrected chi connectivity index (χ2v) is 10.00. The van der Waals surface area contributed by atoms with Crippen molar-refractivity contribution in [3.8, 4) is 5.75 Å². The van der Waals surface area contributed by atoms with E-state index in [0.29, 0.717) is 24.9 Å². The van der Waals surface area contributed by atoms with Crippen molar-refractivity contribution >= 4 is 29.7 Å². The molecule has 0 atom stereocenters. The maximum absolute atomic E-state index is 13.7. The van der Waals surface area contributed by atoms with Gasteiger partial charge in [-0.05, 0) is 41.7 Å². The molecule has 0 saturated carbocycles. The van der Waals surface area contributed by atoms with E-state index in [1.54, 1.807) is 31.1 Å². The van der Waals surface area contributed by atoms with Gasteiger partial charge < -0.3 is 25.6 Å². The van der Waals surface area contributed by atoms with Crippen LogP contribution in [-0.4, -0.2) is 74.1 Å². The van der Waals surface area contributed by atoms with Crippen molar-refractivity contribution < 1.29 is 28.3 Å². The number of hydrogen-bond acceptors (Lipinski definition) is 6. The normalized spacial score (nSPS) is 11.0. The second-order valence-electron chi connectivity index (χ2n) is 10.00. The molecule has 10 heteroatoms. The number of halogens is 1. The molecular weight excluding hydrogens is 491 g/mol. The topological polar surface area (TPSA) is 122 Å². The molecule has 3 amide bonds. The van der Waals surface area contributed by atoms with Gasteiger partial charge in [-0.15, -0.1) is 0 Å². The van der Waals surface area contributed by atoms with E-state index in [1.807, 2.05) is 26.0 Å². The van der Waals surface area contributed by atoms with Crippen molar-refractivity contribution in [1.82, 2.24) is 9.80 Å². The number of aldehydes is 1. The number of benzene rings is 2. The number of amides is 3. The first-order valence-corrected chi connectivity index (χ1v) is 12.4. The van der Waals surface area contributed by atoms with Gasteiger partial charge in [0.05, 0.1) is 18.7 Å². The molecule has 0 aliphatic rings.